The minimum Gasteiger partial charge on any atom is -0.272 e. The molecule has 0 spiro atoms. The lowest BCUT2D eigenvalue weighted by atomic mass is 10.1. The Hall–Kier alpha value is -2.24. The number of hydrogen-bond acceptors (Lipinski definition) is 4. The molecule has 0 radical (unpaired) electrons. The van der Waals surface area contributed by atoms with Crippen molar-refractivity contribution in [1.82, 2.24) is 0 Å². The summed E-state index contributed by atoms with van der Waals surface area (Å²) in [5.41, 5.74) is 0.903. The number of nitrogens with zero attached hydrogens (tertiary/aromatic N) is 3. The van der Waals surface area contributed by atoms with Gasteiger partial charge in [0.2, 0.25) is 0 Å². The second-order valence-electron chi connectivity index (χ2n) is 4.89. The molecule has 1 aromatic carbocycles. The second kappa shape index (κ2) is 5.17. The minimum absolute atomic E-state index is 0.106. The Morgan fingerprint density at radius 2 is 2.11 bits per heavy atom. The van der Waals surface area contributed by atoms with Gasteiger partial charge in [0.25, 0.3) is 11.6 Å². The van der Waals surface area contributed by atoms with E-state index in [1.807, 2.05) is 13.8 Å². The van der Waals surface area contributed by atoms with Crippen LogP contribution in [-0.4, -0.2) is 16.5 Å². The predicted octanol–water partition coefficient (Wildman–Crippen LogP) is 2.73. The lowest BCUT2D eigenvalue weighted by Crippen LogP contribution is -2.20. The number of para-hydroxylation sites is 2. The van der Waals surface area contributed by atoms with E-state index in [1.165, 1.54) is 12.1 Å². The van der Waals surface area contributed by atoms with Gasteiger partial charge in [-0.25, -0.2) is 0 Å². The smallest absolute Gasteiger partial charge is 0.272 e. The standard InChI is InChI=1S/C13H15N3O3/c1-9(2)7-10-8-13(17)15(14-10)11-5-3-4-6-12(11)16(18)19/h3-6,9H,7-8H2,1-2H3. The van der Waals surface area contributed by atoms with Crippen LogP contribution in [0, 0.1) is 16.0 Å². The van der Waals surface area contributed by atoms with Crippen LogP contribution >= 0.6 is 0 Å². The molecule has 1 amide bonds. The number of benzene rings is 1. The number of carbonyl (C=O) groups excluding carboxylic acids is 1. The molecule has 6 nitrogen and oxygen atoms in total. The largest absolute Gasteiger partial charge is 0.295 e. The van der Waals surface area contributed by atoms with Gasteiger partial charge in [0.05, 0.1) is 11.3 Å². The average molecular weight is 261 g/mol. The van der Waals surface area contributed by atoms with Crippen molar-refractivity contribution in [2.24, 2.45) is 11.0 Å². The van der Waals surface area contributed by atoms with Crippen molar-refractivity contribution >= 4 is 23.0 Å². The molecule has 0 bridgehead atoms. The van der Waals surface area contributed by atoms with Gasteiger partial charge >= 0.3 is 0 Å². The zero-order valence-corrected chi connectivity index (χ0v) is 10.9. The third-order valence-electron chi connectivity index (χ3n) is 2.78. The van der Waals surface area contributed by atoms with E-state index in [-0.39, 0.29) is 23.7 Å². The first-order valence-corrected chi connectivity index (χ1v) is 6.11. The van der Waals surface area contributed by atoms with Gasteiger partial charge in [-0.1, -0.05) is 26.0 Å². The zero-order chi connectivity index (χ0) is 14.0. The highest BCUT2D eigenvalue weighted by Gasteiger charge is 2.30. The first-order valence-electron chi connectivity index (χ1n) is 6.11. The molecule has 100 valence electrons. The SMILES string of the molecule is CC(C)CC1=NN(c2ccccc2[N+](=O)[O-])C(=O)C1. The van der Waals surface area contributed by atoms with Crippen LogP contribution in [0.2, 0.25) is 0 Å². The van der Waals surface area contributed by atoms with Crippen molar-refractivity contribution in [2.75, 3.05) is 5.01 Å². The molecular formula is C13H15N3O3. The van der Waals surface area contributed by atoms with Crippen LogP contribution in [0.3, 0.4) is 0 Å². The van der Waals surface area contributed by atoms with E-state index >= 15 is 0 Å². The number of rotatable bonds is 4. The maximum absolute atomic E-state index is 11.9. The van der Waals surface area contributed by atoms with E-state index in [4.69, 9.17) is 0 Å². The molecule has 0 N–H and O–H groups in total. The van der Waals surface area contributed by atoms with Crippen molar-refractivity contribution in [3.05, 3.63) is 34.4 Å². The van der Waals surface area contributed by atoms with Crippen LogP contribution in [0.25, 0.3) is 0 Å². The third-order valence-corrected chi connectivity index (χ3v) is 2.78. The summed E-state index contributed by atoms with van der Waals surface area (Å²) in [5, 5.41) is 16.3. The van der Waals surface area contributed by atoms with Crippen LogP contribution in [0.5, 0.6) is 0 Å². The van der Waals surface area contributed by atoms with Crippen molar-refractivity contribution in [3.63, 3.8) is 0 Å². The lowest BCUT2D eigenvalue weighted by Gasteiger charge is -2.11. The van der Waals surface area contributed by atoms with Gasteiger partial charge < -0.3 is 0 Å². The molecule has 1 aromatic rings. The summed E-state index contributed by atoms with van der Waals surface area (Å²) in [7, 11) is 0. The van der Waals surface area contributed by atoms with Gasteiger partial charge in [0.15, 0.2) is 0 Å². The highest BCUT2D eigenvalue weighted by Crippen LogP contribution is 2.31. The zero-order valence-electron chi connectivity index (χ0n) is 10.9. The number of hydrogen-bond donors (Lipinski definition) is 0. The van der Waals surface area contributed by atoms with E-state index in [0.29, 0.717) is 5.92 Å². The molecule has 1 heterocycles. The van der Waals surface area contributed by atoms with E-state index < -0.39 is 4.92 Å². The number of nitro groups is 1. The summed E-state index contributed by atoms with van der Waals surface area (Å²) in [4.78, 5) is 22.4. The third kappa shape index (κ3) is 2.78. The van der Waals surface area contributed by atoms with Gasteiger partial charge in [-0.15, -0.1) is 0 Å². The molecule has 19 heavy (non-hydrogen) atoms. The molecule has 0 atom stereocenters. The molecule has 0 saturated heterocycles. The summed E-state index contributed by atoms with van der Waals surface area (Å²) >= 11 is 0. The molecule has 0 saturated carbocycles. The molecular weight excluding hydrogens is 246 g/mol. The molecule has 1 aliphatic heterocycles. The van der Waals surface area contributed by atoms with Gasteiger partial charge in [0, 0.05) is 11.8 Å². The highest BCUT2D eigenvalue weighted by atomic mass is 16.6. The van der Waals surface area contributed by atoms with Crippen LogP contribution < -0.4 is 5.01 Å². The van der Waals surface area contributed by atoms with Crippen LogP contribution in [0.1, 0.15) is 26.7 Å². The first-order chi connectivity index (χ1) is 8.99. The summed E-state index contributed by atoms with van der Waals surface area (Å²) < 4.78 is 0. The van der Waals surface area contributed by atoms with Gasteiger partial charge in [0.1, 0.15) is 5.69 Å². The summed E-state index contributed by atoms with van der Waals surface area (Å²) in [6, 6.07) is 6.14. The topological polar surface area (TPSA) is 75.8 Å². The van der Waals surface area contributed by atoms with Crippen LogP contribution in [-0.2, 0) is 4.79 Å². The maximum atomic E-state index is 11.9. The predicted molar refractivity (Wildman–Crippen MR) is 72.1 cm³/mol. The summed E-state index contributed by atoms with van der Waals surface area (Å²) in [5.74, 6) is 0.183. The number of nitro benzene ring substituents is 1. The fourth-order valence-electron chi connectivity index (χ4n) is 2.05. The Balaban J connectivity index is 2.34. The number of hydrazone groups is 1. The maximum Gasteiger partial charge on any atom is 0.295 e. The van der Waals surface area contributed by atoms with Gasteiger partial charge in [-0.05, 0) is 18.4 Å². The molecule has 1 aliphatic rings. The Kier molecular flexibility index (Phi) is 3.59. The first kappa shape index (κ1) is 13.2. The van der Waals surface area contributed by atoms with E-state index in [1.54, 1.807) is 12.1 Å². The Bertz CT molecular complexity index is 552. The quantitative estimate of drug-likeness (QED) is 0.617. The monoisotopic (exact) mass is 261 g/mol. The molecule has 0 aliphatic carbocycles. The number of amides is 1. The highest BCUT2D eigenvalue weighted by molar-refractivity contribution is 6.13. The van der Waals surface area contributed by atoms with Crippen LogP contribution in [0.15, 0.2) is 29.4 Å². The Labute approximate surface area is 110 Å². The lowest BCUT2D eigenvalue weighted by molar-refractivity contribution is -0.384. The molecule has 2 rings (SSSR count). The minimum atomic E-state index is -0.501. The molecule has 6 heteroatoms. The molecule has 0 unspecified atom stereocenters. The molecule has 0 aromatic heterocycles. The van der Waals surface area contributed by atoms with E-state index in [2.05, 4.69) is 5.10 Å². The van der Waals surface area contributed by atoms with Crippen LogP contribution in [0.4, 0.5) is 11.4 Å². The normalized spacial score (nSPS) is 15.0. The summed E-state index contributed by atoms with van der Waals surface area (Å²) in [6.45, 7) is 4.08. The molecule has 0 fully saturated rings. The summed E-state index contributed by atoms with van der Waals surface area (Å²) in [6.07, 6.45) is 0.965. The van der Waals surface area contributed by atoms with E-state index in [9.17, 15) is 14.9 Å². The number of anilines is 1. The Morgan fingerprint density at radius 1 is 1.42 bits per heavy atom. The second-order valence-corrected chi connectivity index (χ2v) is 4.89. The average Bonchev–Trinajstić information content (AvgIpc) is 2.69. The van der Waals surface area contributed by atoms with Crippen molar-refractivity contribution < 1.29 is 9.72 Å². The van der Waals surface area contributed by atoms with Gasteiger partial charge in [-0.3, -0.25) is 14.9 Å². The fourth-order valence-corrected chi connectivity index (χ4v) is 2.05. The Morgan fingerprint density at radius 3 is 2.74 bits per heavy atom. The number of carbonyl (C=O) groups is 1. The van der Waals surface area contributed by atoms with Crippen molar-refractivity contribution in [1.29, 1.82) is 0 Å². The van der Waals surface area contributed by atoms with Crippen molar-refractivity contribution in [2.45, 2.75) is 26.7 Å². The van der Waals surface area contributed by atoms with Crippen molar-refractivity contribution in [3.8, 4) is 0 Å². The van der Waals surface area contributed by atoms with Gasteiger partial charge in [-0.2, -0.15) is 10.1 Å². The van der Waals surface area contributed by atoms with E-state index in [0.717, 1.165) is 17.1 Å². The fraction of sp³-hybridized carbons (Fsp3) is 0.385.